The highest BCUT2D eigenvalue weighted by Gasteiger charge is 2.12. The zero-order valence-corrected chi connectivity index (χ0v) is 13.4. The predicted molar refractivity (Wildman–Crippen MR) is 85.6 cm³/mol. The molecule has 0 saturated heterocycles. The van der Waals surface area contributed by atoms with Crippen LogP contribution in [0.15, 0.2) is 34.8 Å². The summed E-state index contributed by atoms with van der Waals surface area (Å²) in [4.78, 5) is 3.16. The first kappa shape index (κ1) is 13.5. The number of nitrogens with one attached hydrogen (secondary N) is 1. The second kappa shape index (κ2) is 4.82. The van der Waals surface area contributed by atoms with Crippen LogP contribution in [0.3, 0.4) is 0 Å². The molecular weight excluding hydrogens is 339 g/mol. The molecule has 0 saturated carbocycles. The molecule has 0 radical (unpaired) electrons. The molecule has 0 atom stereocenters. The Balaban J connectivity index is 2.40. The van der Waals surface area contributed by atoms with Gasteiger partial charge in [-0.05, 0) is 77.4 Å². The number of aromatic amines is 1. The summed E-state index contributed by atoms with van der Waals surface area (Å²) in [5.41, 5.74) is 4.75. The van der Waals surface area contributed by atoms with Crippen LogP contribution >= 0.6 is 28.1 Å². The van der Waals surface area contributed by atoms with Gasteiger partial charge in [-0.3, -0.25) is 4.57 Å². The van der Waals surface area contributed by atoms with Crippen molar-refractivity contribution < 1.29 is 4.39 Å². The summed E-state index contributed by atoms with van der Waals surface area (Å²) in [5.74, 6) is -0.297. The fourth-order valence-electron chi connectivity index (χ4n) is 2.33. The highest BCUT2D eigenvalue weighted by Crippen LogP contribution is 2.27. The van der Waals surface area contributed by atoms with Crippen LogP contribution in [0.4, 0.5) is 4.39 Å². The molecule has 102 valence electrons. The zero-order valence-electron chi connectivity index (χ0n) is 11.0. The van der Waals surface area contributed by atoms with Gasteiger partial charge in [-0.2, -0.15) is 0 Å². The molecule has 0 aliphatic carbocycles. The summed E-state index contributed by atoms with van der Waals surface area (Å²) in [6, 6.07) is 9.32. The number of rotatable bonds is 1. The minimum absolute atomic E-state index is 0.297. The normalized spacial score (nSPS) is 11.2. The molecule has 0 bridgehead atoms. The fraction of sp³-hybridized carbons (Fsp3) is 0.133. The summed E-state index contributed by atoms with van der Waals surface area (Å²) in [5, 5.41) is 0. The monoisotopic (exact) mass is 350 g/mol. The first-order chi connectivity index (χ1) is 9.47. The lowest BCUT2D eigenvalue weighted by Gasteiger charge is -2.10. The number of aromatic nitrogens is 2. The van der Waals surface area contributed by atoms with Crippen LogP contribution < -0.4 is 0 Å². The Morgan fingerprint density at radius 2 is 1.95 bits per heavy atom. The van der Waals surface area contributed by atoms with E-state index < -0.39 is 0 Å². The summed E-state index contributed by atoms with van der Waals surface area (Å²) in [7, 11) is 0. The van der Waals surface area contributed by atoms with Crippen LogP contribution in [0.2, 0.25) is 0 Å². The summed E-state index contributed by atoms with van der Waals surface area (Å²) in [6.45, 7) is 3.96. The average molecular weight is 351 g/mol. The van der Waals surface area contributed by atoms with Crippen molar-refractivity contribution in [2.24, 2.45) is 0 Å². The van der Waals surface area contributed by atoms with Gasteiger partial charge in [-0.25, -0.2) is 4.39 Å². The highest BCUT2D eigenvalue weighted by atomic mass is 79.9. The maximum absolute atomic E-state index is 13.9. The molecule has 0 aliphatic rings. The van der Waals surface area contributed by atoms with Gasteiger partial charge in [0.2, 0.25) is 0 Å². The third-order valence-electron chi connectivity index (χ3n) is 3.32. The second-order valence-electron chi connectivity index (χ2n) is 4.84. The number of imidazole rings is 1. The zero-order chi connectivity index (χ0) is 14.4. The topological polar surface area (TPSA) is 20.7 Å². The molecule has 0 spiro atoms. The molecule has 1 heterocycles. The lowest BCUT2D eigenvalue weighted by molar-refractivity contribution is 0.619. The number of hydrogen-bond donors (Lipinski definition) is 1. The van der Waals surface area contributed by atoms with E-state index in [2.05, 4.69) is 20.9 Å². The lowest BCUT2D eigenvalue weighted by Crippen LogP contribution is -1.99. The van der Waals surface area contributed by atoms with Crippen LogP contribution in [0.1, 0.15) is 11.1 Å². The van der Waals surface area contributed by atoms with E-state index >= 15 is 0 Å². The quantitative estimate of drug-likeness (QED) is 0.597. The van der Waals surface area contributed by atoms with E-state index in [1.165, 1.54) is 6.07 Å². The smallest absolute Gasteiger partial charge is 0.182 e. The molecule has 2 nitrogen and oxygen atoms in total. The third-order valence-corrected chi connectivity index (χ3v) is 4.21. The molecule has 1 N–H and O–H groups in total. The van der Waals surface area contributed by atoms with Crippen LogP contribution in [-0.4, -0.2) is 9.55 Å². The number of halogens is 2. The average Bonchev–Trinajstić information content (AvgIpc) is 2.69. The van der Waals surface area contributed by atoms with Crippen LogP contribution in [0.25, 0.3) is 16.7 Å². The minimum atomic E-state index is -0.297. The Bertz CT molecular complexity index is 879. The van der Waals surface area contributed by atoms with Gasteiger partial charge in [0.25, 0.3) is 0 Å². The maximum Gasteiger partial charge on any atom is 0.182 e. The summed E-state index contributed by atoms with van der Waals surface area (Å²) < 4.78 is 16.8. The Labute approximate surface area is 129 Å². The standard InChI is InChI=1S/C15H12BrFN2S/c1-8-3-4-12-14(5-8)19(15(20)18-12)13-7-11(17)10(16)6-9(13)2/h3-7H,1-2H3,(H,18,20). The predicted octanol–water partition coefficient (Wildman–Crippen LogP) is 5.21. The van der Waals surface area contributed by atoms with Gasteiger partial charge in [0.15, 0.2) is 4.77 Å². The van der Waals surface area contributed by atoms with Gasteiger partial charge in [0, 0.05) is 0 Å². The van der Waals surface area contributed by atoms with Gasteiger partial charge in [-0.15, -0.1) is 0 Å². The van der Waals surface area contributed by atoms with Crippen LogP contribution in [0, 0.1) is 24.4 Å². The third kappa shape index (κ3) is 2.11. The van der Waals surface area contributed by atoms with Gasteiger partial charge in [0.05, 0.1) is 21.2 Å². The van der Waals surface area contributed by atoms with Crippen molar-refractivity contribution >= 4 is 39.2 Å². The SMILES string of the molecule is Cc1ccc2[nH]c(=S)n(-c3cc(F)c(Br)cc3C)c2c1. The molecular formula is C15H12BrFN2S. The van der Waals surface area contributed by atoms with E-state index in [0.29, 0.717) is 9.24 Å². The number of aryl methyl sites for hydroxylation is 2. The van der Waals surface area contributed by atoms with E-state index in [1.807, 2.05) is 36.6 Å². The first-order valence-corrected chi connectivity index (χ1v) is 7.35. The fourth-order valence-corrected chi connectivity index (χ4v) is 3.09. The molecule has 3 aromatic rings. The summed E-state index contributed by atoms with van der Waals surface area (Å²) in [6.07, 6.45) is 0. The highest BCUT2D eigenvalue weighted by molar-refractivity contribution is 9.10. The van der Waals surface area contributed by atoms with Crippen molar-refractivity contribution in [3.8, 4) is 5.69 Å². The van der Waals surface area contributed by atoms with Gasteiger partial charge in [-0.1, -0.05) is 6.07 Å². The van der Waals surface area contributed by atoms with E-state index in [4.69, 9.17) is 12.2 Å². The number of hydrogen-bond acceptors (Lipinski definition) is 1. The molecule has 5 heteroatoms. The summed E-state index contributed by atoms with van der Waals surface area (Å²) >= 11 is 8.59. The Morgan fingerprint density at radius 3 is 2.70 bits per heavy atom. The molecule has 3 rings (SSSR count). The molecule has 0 fully saturated rings. The van der Waals surface area contributed by atoms with E-state index in [1.54, 1.807) is 6.07 Å². The van der Waals surface area contributed by atoms with Crippen molar-refractivity contribution in [2.45, 2.75) is 13.8 Å². The second-order valence-corrected chi connectivity index (χ2v) is 6.08. The Kier molecular flexibility index (Phi) is 3.26. The van der Waals surface area contributed by atoms with Crippen molar-refractivity contribution in [3.05, 3.63) is 56.5 Å². The van der Waals surface area contributed by atoms with Crippen molar-refractivity contribution in [1.29, 1.82) is 0 Å². The largest absolute Gasteiger partial charge is 0.330 e. The van der Waals surface area contributed by atoms with Crippen LogP contribution in [0.5, 0.6) is 0 Å². The lowest BCUT2D eigenvalue weighted by atomic mass is 10.1. The number of nitrogens with zero attached hydrogens (tertiary/aromatic N) is 1. The molecule has 0 aliphatic heterocycles. The van der Waals surface area contributed by atoms with Crippen LogP contribution in [-0.2, 0) is 0 Å². The molecule has 0 unspecified atom stereocenters. The van der Waals surface area contributed by atoms with E-state index in [-0.39, 0.29) is 5.82 Å². The van der Waals surface area contributed by atoms with E-state index in [0.717, 1.165) is 27.8 Å². The minimum Gasteiger partial charge on any atom is -0.330 e. The molecule has 1 aromatic heterocycles. The van der Waals surface area contributed by atoms with Crippen molar-refractivity contribution in [2.75, 3.05) is 0 Å². The number of H-pyrrole nitrogens is 1. The van der Waals surface area contributed by atoms with Gasteiger partial charge in [0.1, 0.15) is 5.82 Å². The number of benzene rings is 2. The van der Waals surface area contributed by atoms with E-state index in [9.17, 15) is 4.39 Å². The molecule has 20 heavy (non-hydrogen) atoms. The van der Waals surface area contributed by atoms with Gasteiger partial charge < -0.3 is 4.98 Å². The Hall–Kier alpha value is -1.46. The molecule has 0 amide bonds. The van der Waals surface area contributed by atoms with Crippen molar-refractivity contribution in [1.82, 2.24) is 9.55 Å². The maximum atomic E-state index is 13.9. The first-order valence-electron chi connectivity index (χ1n) is 6.15. The molecule has 2 aromatic carbocycles. The van der Waals surface area contributed by atoms with Gasteiger partial charge >= 0.3 is 0 Å². The van der Waals surface area contributed by atoms with Crippen molar-refractivity contribution in [3.63, 3.8) is 0 Å². The Morgan fingerprint density at radius 1 is 1.20 bits per heavy atom. The number of fused-ring (bicyclic) bond motifs is 1.